The molecule has 0 fully saturated rings. The molecule has 0 aromatic rings. The van der Waals surface area contributed by atoms with E-state index in [1.807, 2.05) is 0 Å². The molecule has 0 radical (unpaired) electrons. The van der Waals surface area contributed by atoms with E-state index in [1.165, 1.54) is 0 Å². The second-order valence-electron chi connectivity index (χ2n) is 0.333. The summed E-state index contributed by atoms with van der Waals surface area (Å²) in [6, 6.07) is 0. The molecule has 0 aromatic heterocycles. The predicted molar refractivity (Wildman–Crippen MR) is 14.1 cm³/mol. The fourth-order valence-corrected chi connectivity index (χ4v) is 0. The van der Waals surface area contributed by atoms with Crippen LogP contribution in [0.5, 0.6) is 0 Å². The summed E-state index contributed by atoms with van der Waals surface area (Å²) >= 11 is 0.921. The molecule has 0 saturated carbocycles. The Hall–Kier alpha value is 0.342. The number of carboxylic acid groups (broad SMARTS) is 1. The van der Waals surface area contributed by atoms with E-state index in [9.17, 15) is 0 Å². The molecule has 0 aliphatic carbocycles. The molecule has 38 valence electrons. The first-order chi connectivity index (χ1) is 3.15. The van der Waals surface area contributed by atoms with Gasteiger partial charge in [0.05, 0.1) is 0 Å². The van der Waals surface area contributed by atoms with E-state index in [4.69, 9.17) is 14.4 Å². The van der Waals surface area contributed by atoms with Gasteiger partial charge in [-0.15, -0.1) is 0 Å². The Morgan fingerprint density at radius 2 is 1.57 bits per heavy atom. The zero-order valence-corrected chi connectivity index (χ0v) is 8.02. The van der Waals surface area contributed by atoms with Crippen LogP contribution in [0.15, 0.2) is 0 Å². The third kappa shape index (κ3) is 1020. The van der Waals surface area contributed by atoms with Crippen molar-refractivity contribution < 1.29 is 42.2 Å². The van der Waals surface area contributed by atoms with Gasteiger partial charge in [-0.3, -0.25) is 0 Å². The second-order valence-corrected chi connectivity index (χ2v) is 1.36. The van der Waals surface area contributed by atoms with Crippen LogP contribution in [-0.4, -0.2) is 5.30 Å². The monoisotopic (exact) mass is 346 g/mol. The molecule has 4 nitrogen and oxygen atoms in total. The molecular weight excluding hydrogens is 346 g/mol. The second kappa shape index (κ2) is 9.60. The summed E-state index contributed by atoms with van der Waals surface area (Å²) in [7, 11) is 0. The Balaban J connectivity index is 0. The summed E-state index contributed by atoms with van der Waals surface area (Å²) in [6.45, 7) is 0. The Bertz CT molecular complexity index is 79.7. The van der Waals surface area contributed by atoms with Crippen molar-refractivity contribution in [3.05, 3.63) is 0 Å². The molecule has 0 aromatic carbocycles. The number of rotatable bonds is 0. The summed E-state index contributed by atoms with van der Waals surface area (Å²) in [4.78, 5) is 8.70. The normalized spacial score (nSPS) is 4.57. The molecular formula is CO4SU. The Labute approximate surface area is 59.9 Å². The SMILES string of the molecule is O=C([O-])[S-].[O]=[U+2]=[O]. The average Bonchev–Trinajstić information content (AvgIpc) is 1.33. The van der Waals surface area contributed by atoms with Gasteiger partial charge in [0.25, 0.3) is 0 Å². The molecule has 0 aliphatic heterocycles. The maximum atomic E-state index is 8.70. The van der Waals surface area contributed by atoms with Crippen molar-refractivity contribution in [1.29, 1.82) is 0 Å². The quantitative estimate of drug-likeness (QED) is 0.507. The first kappa shape index (κ1) is 10.3. The van der Waals surface area contributed by atoms with E-state index >= 15 is 0 Å². The number of hydrogen-bond donors (Lipinski definition) is 0. The average molecular weight is 346 g/mol. The first-order valence-electron chi connectivity index (χ1n) is 1.02. The molecule has 6 heteroatoms. The summed E-state index contributed by atoms with van der Waals surface area (Å²) in [5, 5.41) is 7.20. The molecule has 0 bridgehead atoms. The number of carbonyl (C=O) groups excluding carboxylic acids is 1. The van der Waals surface area contributed by atoms with Gasteiger partial charge in [0.15, 0.2) is 0 Å². The van der Waals surface area contributed by atoms with Gasteiger partial charge in [-0.2, -0.15) is 0 Å². The molecule has 0 atom stereocenters. The van der Waals surface area contributed by atoms with Crippen LogP contribution in [0.25, 0.3) is 0 Å². The Morgan fingerprint density at radius 1 is 1.57 bits per heavy atom. The minimum absolute atomic E-state index is 1.50. The van der Waals surface area contributed by atoms with Gasteiger partial charge in [0.2, 0.25) is 0 Å². The van der Waals surface area contributed by atoms with Gasteiger partial charge in [-0.05, 0) is 0 Å². The number of hydrogen-bond acceptors (Lipinski definition) is 5. The maximum absolute atomic E-state index is 8.70. The van der Waals surface area contributed by atoms with Crippen LogP contribution < -0.4 is 5.11 Å². The predicted octanol–water partition coefficient (Wildman–Crippen LogP) is -1.36. The van der Waals surface area contributed by atoms with Crippen LogP contribution in [0.2, 0.25) is 0 Å². The molecule has 0 spiro atoms. The third-order valence-corrected chi connectivity index (χ3v) is 0. The van der Waals surface area contributed by atoms with Crippen LogP contribution in [-0.2, 0) is 17.1 Å². The molecule has 0 saturated heterocycles. The zero-order valence-electron chi connectivity index (χ0n) is 3.04. The summed E-state index contributed by atoms with van der Waals surface area (Å²) < 4.78 is 17.2. The van der Waals surface area contributed by atoms with Crippen molar-refractivity contribution in [2.24, 2.45) is 0 Å². The van der Waals surface area contributed by atoms with E-state index in [0.29, 0.717) is 0 Å². The van der Waals surface area contributed by atoms with E-state index < -0.39 is 33.1 Å². The van der Waals surface area contributed by atoms with Gasteiger partial charge in [0, 0.05) is 0 Å². The fraction of sp³-hybridized carbons (Fsp3) is 0. The van der Waals surface area contributed by atoms with Crippen LogP contribution in [0.1, 0.15) is 0 Å². The third-order valence-electron chi connectivity index (χ3n) is 0. The summed E-state index contributed by atoms with van der Waals surface area (Å²) in [6.07, 6.45) is 0. The fourth-order valence-electron chi connectivity index (χ4n) is 0. The van der Waals surface area contributed by atoms with Gasteiger partial charge in [0.1, 0.15) is 0 Å². The summed E-state index contributed by atoms with van der Waals surface area (Å²) in [5.41, 5.74) is 0. The van der Waals surface area contributed by atoms with Gasteiger partial charge in [-0.25, -0.2) is 0 Å². The van der Waals surface area contributed by atoms with Crippen LogP contribution in [0.3, 0.4) is 0 Å². The topological polar surface area (TPSA) is 74.3 Å². The molecule has 0 aliphatic rings. The van der Waals surface area contributed by atoms with Gasteiger partial charge in [-0.1, -0.05) is 5.30 Å². The summed E-state index contributed by atoms with van der Waals surface area (Å²) in [5.74, 6) is 0. The Kier molecular flexibility index (Phi) is 14.2. The minimum atomic E-state index is -2.51. The van der Waals surface area contributed by atoms with Crippen molar-refractivity contribution in [2.45, 2.75) is 0 Å². The zero-order chi connectivity index (χ0) is 6.28. The Morgan fingerprint density at radius 3 is 1.57 bits per heavy atom. The standard InChI is InChI=1S/CH2O2S.2O.U/c2-1(3)4;;;/h4H,(H,2,3);;;/q;;;+2/p-2. The molecule has 0 unspecified atom stereocenters. The molecule has 7 heavy (non-hydrogen) atoms. The van der Waals surface area contributed by atoms with Crippen molar-refractivity contribution >= 4 is 17.9 Å². The van der Waals surface area contributed by atoms with Crippen molar-refractivity contribution in [2.75, 3.05) is 0 Å². The van der Waals surface area contributed by atoms with E-state index in [1.54, 1.807) is 0 Å². The van der Waals surface area contributed by atoms with Gasteiger partial charge >= 0.3 is 32.3 Å². The van der Waals surface area contributed by atoms with Crippen molar-refractivity contribution in [1.82, 2.24) is 0 Å². The van der Waals surface area contributed by atoms with Crippen molar-refractivity contribution in [3.63, 3.8) is 0 Å². The molecule has 0 N–H and O–H groups in total. The van der Waals surface area contributed by atoms with Crippen molar-refractivity contribution in [3.8, 4) is 0 Å². The van der Waals surface area contributed by atoms with Crippen LogP contribution in [0.4, 0.5) is 4.79 Å². The van der Waals surface area contributed by atoms with E-state index in [-0.39, 0.29) is 0 Å². The first-order valence-corrected chi connectivity index (χ1v) is 4.83. The van der Waals surface area contributed by atoms with E-state index in [0.717, 1.165) is 0 Å². The number of carbonyl (C=O) groups is 1. The molecule has 0 amide bonds. The van der Waals surface area contributed by atoms with Crippen LogP contribution in [0, 0.1) is 27.8 Å². The van der Waals surface area contributed by atoms with E-state index in [2.05, 4.69) is 12.6 Å². The molecule has 0 rings (SSSR count). The molecule has 0 heterocycles. The van der Waals surface area contributed by atoms with Crippen LogP contribution >= 0.6 is 0 Å². The van der Waals surface area contributed by atoms with Gasteiger partial charge < -0.3 is 22.5 Å².